The summed E-state index contributed by atoms with van der Waals surface area (Å²) < 4.78 is 39.9. The van der Waals surface area contributed by atoms with Crippen molar-refractivity contribution in [2.24, 2.45) is 0 Å². The van der Waals surface area contributed by atoms with E-state index >= 15 is 0 Å². The second-order valence-corrected chi connectivity index (χ2v) is 5.52. The van der Waals surface area contributed by atoms with Crippen LogP contribution in [-0.2, 0) is 0 Å². The third-order valence-electron chi connectivity index (χ3n) is 3.03. The zero-order valence-corrected chi connectivity index (χ0v) is 10.9. The van der Waals surface area contributed by atoms with E-state index in [4.69, 9.17) is 0 Å². The summed E-state index contributed by atoms with van der Waals surface area (Å²) in [6.45, 7) is 0. The van der Waals surface area contributed by atoms with Gasteiger partial charge in [-0.1, -0.05) is 12.1 Å². The molecule has 0 saturated carbocycles. The Labute approximate surface area is 116 Å². The van der Waals surface area contributed by atoms with Crippen LogP contribution in [0.15, 0.2) is 42.5 Å². The lowest BCUT2D eigenvalue weighted by Crippen LogP contribution is -1.98. The normalized spacial score (nSPS) is 12.8. The van der Waals surface area contributed by atoms with Gasteiger partial charge in [-0.05, 0) is 41.3 Å². The van der Waals surface area contributed by atoms with Gasteiger partial charge < -0.3 is 5.11 Å². The lowest BCUT2D eigenvalue weighted by molar-refractivity contribution is 0.223. The van der Waals surface area contributed by atoms with Gasteiger partial charge in [0.2, 0.25) is 0 Å². The summed E-state index contributed by atoms with van der Waals surface area (Å²) >= 11 is 1.22. The molecule has 1 N–H and O–H groups in total. The quantitative estimate of drug-likeness (QED) is 0.742. The molecule has 1 unspecified atom stereocenters. The van der Waals surface area contributed by atoms with E-state index in [2.05, 4.69) is 0 Å². The van der Waals surface area contributed by atoms with Crippen LogP contribution in [0.3, 0.4) is 0 Å². The molecule has 0 radical (unpaired) electrons. The van der Waals surface area contributed by atoms with E-state index in [0.717, 1.165) is 17.5 Å². The van der Waals surface area contributed by atoms with Crippen molar-refractivity contribution < 1.29 is 18.3 Å². The first-order valence-electron chi connectivity index (χ1n) is 5.86. The molecule has 5 heteroatoms. The predicted octanol–water partition coefficient (Wildman–Crippen LogP) is 4.40. The van der Waals surface area contributed by atoms with Crippen LogP contribution in [0.5, 0.6) is 0 Å². The number of fused-ring (bicyclic) bond motifs is 1. The summed E-state index contributed by atoms with van der Waals surface area (Å²) in [5.41, 5.74) is 0.260. The Balaban J connectivity index is 2.02. The first kappa shape index (κ1) is 13.1. The molecule has 102 valence electrons. The van der Waals surface area contributed by atoms with Gasteiger partial charge in [-0.15, -0.1) is 11.3 Å². The van der Waals surface area contributed by atoms with Crippen LogP contribution in [0, 0.1) is 17.5 Å². The molecule has 0 spiro atoms. The number of hydrogen-bond donors (Lipinski definition) is 1. The van der Waals surface area contributed by atoms with Gasteiger partial charge >= 0.3 is 0 Å². The molecule has 0 amide bonds. The zero-order chi connectivity index (χ0) is 14.3. The van der Waals surface area contributed by atoms with Gasteiger partial charge in [0, 0.05) is 9.58 Å². The van der Waals surface area contributed by atoms with Gasteiger partial charge in [0.05, 0.1) is 0 Å². The smallest absolute Gasteiger partial charge is 0.159 e. The number of rotatable bonds is 2. The molecular weight excluding hydrogens is 285 g/mol. The topological polar surface area (TPSA) is 20.2 Å². The minimum atomic E-state index is -1.06. The molecule has 2 aromatic carbocycles. The maximum Gasteiger partial charge on any atom is 0.159 e. The van der Waals surface area contributed by atoms with Crippen LogP contribution in [0.25, 0.3) is 10.1 Å². The maximum atomic E-state index is 13.2. The highest BCUT2D eigenvalue weighted by atomic mass is 32.1. The van der Waals surface area contributed by atoms with Gasteiger partial charge in [-0.3, -0.25) is 0 Å². The lowest BCUT2D eigenvalue weighted by Gasteiger charge is -2.08. The molecule has 0 fully saturated rings. The van der Waals surface area contributed by atoms with Gasteiger partial charge in [0.25, 0.3) is 0 Å². The summed E-state index contributed by atoms with van der Waals surface area (Å²) in [4.78, 5) is 0.552. The number of benzene rings is 2. The van der Waals surface area contributed by atoms with Gasteiger partial charge in [-0.25, -0.2) is 13.2 Å². The first-order chi connectivity index (χ1) is 9.54. The minimum Gasteiger partial charge on any atom is -0.383 e. The second kappa shape index (κ2) is 4.92. The average Bonchev–Trinajstić information content (AvgIpc) is 2.84. The van der Waals surface area contributed by atoms with Crippen LogP contribution in [0.1, 0.15) is 16.5 Å². The Bertz CT molecular complexity index is 782. The van der Waals surface area contributed by atoms with E-state index in [-0.39, 0.29) is 11.4 Å². The van der Waals surface area contributed by atoms with E-state index < -0.39 is 17.7 Å². The van der Waals surface area contributed by atoms with E-state index in [1.165, 1.54) is 29.5 Å². The van der Waals surface area contributed by atoms with E-state index in [9.17, 15) is 18.3 Å². The fourth-order valence-electron chi connectivity index (χ4n) is 2.01. The van der Waals surface area contributed by atoms with Crippen LogP contribution >= 0.6 is 11.3 Å². The number of aliphatic hydroxyl groups is 1. The molecule has 1 nitrogen and oxygen atoms in total. The summed E-state index contributed by atoms with van der Waals surface area (Å²) in [7, 11) is 0. The molecule has 1 atom stereocenters. The van der Waals surface area contributed by atoms with Crippen molar-refractivity contribution in [2.75, 3.05) is 0 Å². The highest BCUT2D eigenvalue weighted by molar-refractivity contribution is 7.19. The molecule has 0 aliphatic rings. The minimum absolute atomic E-state index is 0.260. The third kappa shape index (κ3) is 2.30. The van der Waals surface area contributed by atoms with Gasteiger partial charge in [-0.2, -0.15) is 0 Å². The zero-order valence-electron chi connectivity index (χ0n) is 10.1. The summed E-state index contributed by atoms with van der Waals surface area (Å²) in [5.74, 6) is -2.32. The van der Waals surface area contributed by atoms with E-state index in [1.807, 2.05) is 0 Å². The van der Waals surface area contributed by atoms with Crippen LogP contribution in [0.4, 0.5) is 13.2 Å². The highest BCUT2D eigenvalue weighted by Crippen LogP contribution is 2.33. The molecule has 0 bridgehead atoms. The monoisotopic (exact) mass is 294 g/mol. The van der Waals surface area contributed by atoms with Gasteiger partial charge in [0.1, 0.15) is 11.9 Å². The molecule has 0 aliphatic heterocycles. The van der Waals surface area contributed by atoms with Crippen molar-refractivity contribution in [1.29, 1.82) is 0 Å². The number of aliphatic hydroxyl groups excluding tert-OH is 1. The standard InChI is InChI=1S/C15H9F3OS/c16-10-3-1-8-6-14(20-13(8)7-10)15(19)9-2-4-11(17)12(18)5-9/h1-7,15,19H. The third-order valence-corrected chi connectivity index (χ3v) is 4.18. The Morgan fingerprint density at radius 3 is 2.45 bits per heavy atom. The van der Waals surface area contributed by atoms with Crippen molar-refractivity contribution in [1.82, 2.24) is 0 Å². The first-order valence-corrected chi connectivity index (χ1v) is 6.68. The van der Waals surface area contributed by atoms with Crippen molar-refractivity contribution in [3.05, 3.63) is 70.4 Å². The number of hydrogen-bond acceptors (Lipinski definition) is 2. The fourth-order valence-corrected chi connectivity index (χ4v) is 3.11. The average molecular weight is 294 g/mol. The maximum absolute atomic E-state index is 13.2. The van der Waals surface area contributed by atoms with Crippen molar-refractivity contribution >= 4 is 21.4 Å². The summed E-state index contributed by atoms with van der Waals surface area (Å²) in [5, 5.41) is 11.0. The van der Waals surface area contributed by atoms with Crippen LogP contribution < -0.4 is 0 Å². The second-order valence-electron chi connectivity index (χ2n) is 4.41. The molecule has 0 saturated heterocycles. The lowest BCUT2D eigenvalue weighted by atomic mass is 10.1. The Morgan fingerprint density at radius 2 is 1.70 bits per heavy atom. The summed E-state index contributed by atoms with van der Waals surface area (Å²) in [6.07, 6.45) is -1.06. The molecule has 0 aliphatic carbocycles. The van der Waals surface area contributed by atoms with Crippen molar-refractivity contribution in [3.8, 4) is 0 Å². The Morgan fingerprint density at radius 1 is 0.900 bits per heavy atom. The largest absolute Gasteiger partial charge is 0.383 e. The van der Waals surface area contributed by atoms with Crippen LogP contribution in [0.2, 0.25) is 0 Å². The van der Waals surface area contributed by atoms with Crippen LogP contribution in [-0.4, -0.2) is 5.11 Å². The van der Waals surface area contributed by atoms with Gasteiger partial charge in [0.15, 0.2) is 11.6 Å². The Kier molecular flexibility index (Phi) is 3.23. The fraction of sp³-hybridized carbons (Fsp3) is 0.0667. The number of thiophene rings is 1. The molecular formula is C15H9F3OS. The highest BCUT2D eigenvalue weighted by Gasteiger charge is 2.16. The molecule has 3 aromatic rings. The molecule has 20 heavy (non-hydrogen) atoms. The van der Waals surface area contributed by atoms with E-state index in [0.29, 0.717) is 9.58 Å². The predicted molar refractivity (Wildman–Crippen MR) is 72.2 cm³/mol. The van der Waals surface area contributed by atoms with E-state index in [1.54, 1.807) is 12.1 Å². The number of halogens is 3. The molecule has 1 aromatic heterocycles. The van der Waals surface area contributed by atoms with Crippen molar-refractivity contribution in [2.45, 2.75) is 6.10 Å². The Hall–Kier alpha value is -1.85. The SMILES string of the molecule is OC(c1ccc(F)c(F)c1)c1cc2ccc(F)cc2s1. The van der Waals surface area contributed by atoms with Crippen molar-refractivity contribution in [3.63, 3.8) is 0 Å². The summed E-state index contributed by atoms with van der Waals surface area (Å²) in [6, 6.07) is 9.30. The molecule has 1 heterocycles. The molecule has 3 rings (SSSR count).